The summed E-state index contributed by atoms with van der Waals surface area (Å²) in [4.78, 5) is 26.1. The molecule has 0 spiro atoms. The van der Waals surface area contributed by atoms with Gasteiger partial charge in [0.1, 0.15) is 5.75 Å². The maximum Gasteiger partial charge on any atom is 0.255 e. The second-order valence-corrected chi connectivity index (χ2v) is 8.44. The Labute approximate surface area is 191 Å². The van der Waals surface area contributed by atoms with Gasteiger partial charge in [0.2, 0.25) is 5.91 Å². The first-order valence-electron chi connectivity index (χ1n) is 9.77. The van der Waals surface area contributed by atoms with Crippen molar-refractivity contribution < 1.29 is 14.3 Å². The van der Waals surface area contributed by atoms with Crippen LogP contribution in [-0.2, 0) is 4.79 Å². The molecule has 2 amide bonds. The molecule has 0 bridgehead atoms. The summed E-state index contributed by atoms with van der Waals surface area (Å²) >= 11 is 7.42. The van der Waals surface area contributed by atoms with Crippen LogP contribution in [0, 0.1) is 0 Å². The van der Waals surface area contributed by atoms with E-state index in [0.29, 0.717) is 34.1 Å². The van der Waals surface area contributed by atoms with E-state index < -0.39 is 0 Å². The lowest BCUT2D eigenvalue weighted by Gasteiger charge is -2.16. The molecule has 0 aliphatic rings. The highest BCUT2D eigenvalue weighted by Crippen LogP contribution is 2.29. The summed E-state index contributed by atoms with van der Waals surface area (Å²) in [6, 6.07) is 21.5. The van der Waals surface area contributed by atoms with Crippen LogP contribution in [0.4, 0.5) is 11.4 Å². The van der Waals surface area contributed by atoms with Crippen molar-refractivity contribution >= 4 is 46.6 Å². The standard InChI is InChI=1S/C24H23ClN2O3S/c1-3-22(24(29)27-18-9-5-11-20(14-18)30-2)31-21-12-6-10-19(15-21)26-23(28)16-7-4-8-17(25)13-16/h4-15,22H,3H2,1-2H3,(H,26,28)(H,27,29). The van der Waals surface area contributed by atoms with Crippen molar-refractivity contribution in [2.45, 2.75) is 23.5 Å². The number of halogens is 1. The molecule has 0 aliphatic carbocycles. The number of nitrogens with one attached hydrogen (secondary N) is 2. The molecular weight excluding hydrogens is 432 g/mol. The van der Waals surface area contributed by atoms with Crippen LogP contribution in [0.2, 0.25) is 5.02 Å². The molecule has 0 aromatic heterocycles. The molecule has 3 aromatic rings. The zero-order chi connectivity index (χ0) is 22.2. The van der Waals surface area contributed by atoms with Gasteiger partial charge in [0.25, 0.3) is 5.91 Å². The van der Waals surface area contributed by atoms with E-state index in [2.05, 4.69) is 10.6 Å². The number of rotatable bonds is 8. The Kier molecular flexibility index (Phi) is 7.98. The van der Waals surface area contributed by atoms with Gasteiger partial charge in [-0.25, -0.2) is 0 Å². The summed E-state index contributed by atoms with van der Waals surface area (Å²) < 4.78 is 5.20. The van der Waals surface area contributed by atoms with Crippen LogP contribution in [0.3, 0.4) is 0 Å². The van der Waals surface area contributed by atoms with Gasteiger partial charge in [0, 0.05) is 32.9 Å². The van der Waals surface area contributed by atoms with Gasteiger partial charge in [0.15, 0.2) is 0 Å². The molecule has 3 aromatic carbocycles. The third-order valence-electron chi connectivity index (χ3n) is 4.46. The molecular formula is C24H23ClN2O3S. The first-order valence-corrected chi connectivity index (χ1v) is 11.0. The van der Waals surface area contributed by atoms with Gasteiger partial charge in [-0.15, -0.1) is 11.8 Å². The van der Waals surface area contributed by atoms with Crippen LogP contribution in [0.1, 0.15) is 23.7 Å². The molecule has 0 saturated carbocycles. The Morgan fingerprint density at radius 1 is 0.968 bits per heavy atom. The van der Waals surface area contributed by atoms with Gasteiger partial charge >= 0.3 is 0 Å². The van der Waals surface area contributed by atoms with E-state index in [1.807, 2.05) is 49.4 Å². The second-order valence-electron chi connectivity index (χ2n) is 6.73. The summed E-state index contributed by atoms with van der Waals surface area (Å²) in [6.45, 7) is 1.97. The molecule has 0 saturated heterocycles. The highest BCUT2D eigenvalue weighted by atomic mass is 35.5. The molecule has 0 radical (unpaired) electrons. The van der Waals surface area contributed by atoms with Crippen LogP contribution < -0.4 is 15.4 Å². The van der Waals surface area contributed by atoms with Gasteiger partial charge in [0.05, 0.1) is 12.4 Å². The van der Waals surface area contributed by atoms with Crippen molar-refractivity contribution in [3.8, 4) is 5.75 Å². The molecule has 1 unspecified atom stereocenters. The van der Waals surface area contributed by atoms with Crippen molar-refractivity contribution in [1.29, 1.82) is 0 Å². The predicted octanol–water partition coefficient (Wildman–Crippen LogP) is 6.11. The summed E-state index contributed by atoms with van der Waals surface area (Å²) in [5.74, 6) is 0.350. The van der Waals surface area contributed by atoms with Crippen molar-refractivity contribution in [3.05, 3.63) is 83.4 Å². The van der Waals surface area contributed by atoms with E-state index in [1.165, 1.54) is 11.8 Å². The Hall–Kier alpha value is -2.96. The highest BCUT2D eigenvalue weighted by molar-refractivity contribution is 8.00. The number of hydrogen-bond acceptors (Lipinski definition) is 4. The molecule has 0 heterocycles. The zero-order valence-electron chi connectivity index (χ0n) is 17.2. The number of anilines is 2. The number of carbonyl (C=O) groups excluding carboxylic acids is 2. The van der Waals surface area contributed by atoms with Crippen molar-refractivity contribution in [1.82, 2.24) is 0 Å². The first-order chi connectivity index (χ1) is 15.0. The van der Waals surface area contributed by atoms with Gasteiger partial charge in [-0.1, -0.05) is 36.7 Å². The number of methoxy groups -OCH3 is 1. The summed E-state index contributed by atoms with van der Waals surface area (Å²) in [5, 5.41) is 6.03. The minimum absolute atomic E-state index is 0.0888. The minimum atomic E-state index is -0.287. The van der Waals surface area contributed by atoms with Crippen molar-refractivity contribution in [3.63, 3.8) is 0 Å². The number of amides is 2. The fourth-order valence-corrected chi connectivity index (χ4v) is 4.09. The van der Waals surface area contributed by atoms with Crippen LogP contribution in [0.15, 0.2) is 77.7 Å². The zero-order valence-corrected chi connectivity index (χ0v) is 18.8. The molecule has 5 nitrogen and oxygen atoms in total. The smallest absolute Gasteiger partial charge is 0.255 e. The Morgan fingerprint density at radius 3 is 2.39 bits per heavy atom. The van der Waals surface area contributed by atoms with Gasteiger partial charge in [-0.3, -0.25) is 9.59 Å². The minimum Gasteiger partial charge on any atom is -0.497 e. The SMILES string of the molecule is CCC(Sc1cccc(NC(=O)c2cccc(Cl)c2)c1)C(=O)Nc1cccc(OC)c1. The van der Waals surface area contributed by atoms with Crippen LogP contribution in [0.5, 0.6) is 5.75 Å². The van der Waals surface area contributed by atoms with Crippen LogP contribution >= 0.6 is 23.4 Å². The van der Waals surface area contributed by atoms with Gasteiger partial charge in [-0.05, 0) is 55.0 Å². The van der Waals surface area contributed by atoms with Crippen molar-refractivity contribution in [2.75, 3.05) is 17.7 Å². The number of thioether (sulfide) groups is 1. The molecule has 0 fully saturated rings. The molecule has 7 heteroatoms. The Bertz CT molecular complexity index is 1070. The van der Waals surface area contributed by atoms with Crippen LogP contribution in [-0.4, -0.2) is 24.2 Å². The fourth-order valence-electron chi connectivity index (χ4n) is 2.89. The van der Waals surface area contributed by atoms with E-state index in [9.17, 15) is 9.59 Å². The number of carbonyl (C=O) groups is 2. The predicted molar refractivity (Wildman–Crippen MR) is 127 cm³/mol. The van der Waals surface area contributed by atoms with E-state index >= 15 is 0 Å². The average Bonchev–Trinajstić information content (AvgIpc) is 2.77. The third kappa shape index (κ3) is 6.51. The number of benzene rings is 3. The summed E-state index contributed by atoms with van der Waals surface area (Å²) in [6.07, 6.45) is 0.652. The monoisotopic (exact) mass is 454 g/mol. The first kappa shape index (κ1) is 22.7. The van der Waals surface area contributed by atoms with Gasteiger partial charge in [-0.2, -0.15) is 0 Å². The second kappa shape index (κ2) is 10.9. The molecule has 160 valence electrons. The van der Waals surface area contributed by atoms with E-state index in [4.69, 9.17) is 16.3 Å². The Balaban J connectivity index is 1.66. The fraction of sp³-hybridized carbons (Fsp3) is 0.167. The summed E-state index contributed by atoms with van der Waals surface area (Å²) in [7, 11) is 1.59. The van der Waals surface area contributed by atoms with Crippen LogP contribution in [0.25, 0.3) is 0 Å². The maximum absolute atomic E-state index is 12.8. The van der Waals surface area contributed by atoms with E-state index in [-0.39, 0.29) is 17.1 Å². The lowest BCUT2D eigenvalue weighted by molar-refractivity contribution is -0.115. The lowest BCUT2D eigenvalue weighted by Crippen LogP contribution is -2.24. The molecule has 1 atom stereocenters. The molecule has 0 aliphatic heterocycles. The third-order valence-corrected chi connectivity index (χ3v) is 6.05. The number of ether oxygens (including phenoxy) is 1. The molecule has 31 heavy (non-hydrogen) atoms. The number of hydrogen-bond donors (Lipinski definition) is 2. The highest BCUT2D eigenvalue weighted by Gasteiger charge is 2.19. The topological polar surface area (TPSA) is 67.4 Å². The largest absolute Gasteiger partial charge is 0.497 e. The average molecular weight is 455 g/mol. The van der Waals surface area contributed by atoms with Crippen molar-refractivity contribution in [2.24, 2.45) is 0 Å². The molecule has 2 N–H and O–H groups in total. The van der Waals surface area contributed by atoms with E-state index in [1.54, 1.807) is 37.4 Å². The van der Waals surface area contributed by atoms with Gasteiger partial charge < -0.3 is 15.4 Å². The maximum atomic E-state index is 12.8. The lowest BCUT2D eigenvalue weighted by atomic mass is 10.2. The Morgan fingerprint density at radius 2 is 1.68 bits per heavy atom. The quantitative estimate of drug-likeness (QED) is 0.403. The summed E-state index contributed by atoms with van der Waals surface area (Å²) in [5.41, 5.74) is 1.82. The normalized spacial score (nSPS) is 11.5. The molecule has 3 rings (SSSR count). The van der Waals surface area contributed by atoms with E-state index in [0.717, 1.165) is 4.90 Å².